The van der Waals surface area contributed by atoms with Gasteiger partial charge in [0, 0.05) is 19.5 Å². The molecule has 1 amide bonds. The average Bonchev–Trinajstić information content (AvgIpc) is 3.07. The number of thioether (sulfide) groups is 1. The number of methoxy groups -OCH3 is 1. The van der Waals surface area contributed by atoms with Crippen molar-refractivity contribution >= 4 is 17.7 Å². The van der Waals surface area contributed by atoms with Crippen LogP contribution in [0.4, 0.5) is 0 Å². The Morgan fingerprint density at radius 3 is 2.14 bits per heavy atom. The van der Waals surface area contributed by atoms with Gasteiger partial charge in [-0.25, -0.2) is 0 Å². The Hall–Kier alpha value is -2.58. The molecule has 1 aliphatic carbocycles. The summed E-state index contributed by atoms with van der Waals surface area (Å²) < 4.78 is 15.9. The van der Waals surface area contributed by atoms with E-state index in [2.05, 4.69) is 89.9 Å². The summed E-state index contributed by atoms with van der Waals surface area (Å²) in [5.74, 6) is 2.11. The van der Waals surface area contributed by atoms with E-state index in [1.54, 1.807) is 7.11 Å². The molecule has 242 valence electrons. The van der Waals surface area contributed by atoms with E-state index in [9.17, 15) is 4.79 Å². The first-order chi connectivity index (χ1) is 21.7. The highest BCUT2D eigenvalue weighted by molar-refractivity contribution is 8.00. The fraction of sp³-hybridized carbons (Fsp3) is 0.541. The molecule has 1 unspecified atom stereocenters. The molecule has 7 heteroatoms. The molecule has 0 saturated heterocycles. The molecule has 0 saturated carbocycles. The molecule has 0 aliphatic heterocycles. The smallest absolute Gasteiger partial charge is 0.220 e. The van der Waals surface area contributed by atoms with Gasteiger partial charge in [-0.1, -0.05) is 99.2 Å². The molecule has 0 radical (unpaired) electrons. The number of nitrogens with two attached hydrogens (primary N) is 1. The van der Waals surface area contributed by atoms with Crippen LogP contribution in [0.1, 0.15) is 81.8 Å². The third-order valence-electron chi connectivity index (χ3n) is 7.90. The molecule has 3 rings (SSSR count). The van der Waals surface area contributed by atoms with E-state index >= 15 is 0 Å². The number of unbranched alkanes of at least 4 members (excludes halogenated alkanes) is 7. The minimum Gasteiger partial charge on any atom is -0.497 e. The van der Waals surface area contributed by atoms with E-state index in [0.717, 1.165) is 37.2 Å². The normalized spacial score (nSPS) is 14.2. The quantitative estimate of drug-likeness (QED) is 0.118. The van der Waals surface area contributed by atoms with Crippen LogP contribution in [0, 0.1) is 0 Å². The largest absolute Gasteiger partial charge is 0.497 e. The summed E-state index contributed by atoms with van der Waals surface area (Å²) in [5.41, 5.74) is 9.39. The summed E-state index contributed by atoms with van der Waals surface area (Å²) in [6.07, 6.45) is 19.4. The van der Waals surface area contributed by atoms with Crippen molar-refractivity contribution in [2.45, 2.75) is 75.4 Å². The lowest BCUT2D eigenvalue weighted by Gasteiger charge is -2.37. The number of hydrogen-bond acceptors (Lipinski definition) is 6. The summed E-state index contributed by atoms with van der Waals surface area (Å²) in [6, 6.07) is 19.6. The van der Waals surface area contributed by atoms with Crippen LogP contribution < -0.4 is 15.8 Å². The SMILES string of the molecule is COc1ccc(C(SCCCCCCCCCCC(=O)NCCOCCOCCN)(C2=CCCC=C2)c2ccccc2)cc1. The van der Waals surface area contributed by atoms with Crippen LogP contribution in [-0.4, -0.2) is 58.3 Å². The van der Waals surface area contributed by atoms with Gasteiger partial charge in [0.1, 0.15) is 5.75 Å². The molecule has 2 aromatic rings. The van der Waals surface area contributed by atoms with Gasteiger partial charge in [-0.05, 0) is 60.3 Å². The van der Waals surface area contributed by atoms with Crippen LogP contribution in [0.2, 0.25) is 0 Å². The van der Waals surface area contributed by atoms with E-state index in [0.29, 0.717) is 45.9 Å². The Kier molecular flexibility index (Phi) is 18.0. The first kappa shape index (κ1) is 35.9. The van der Waals surface area contributed by atoms with Crippen molar-refractivity contribution in [1.29, 1.82) is 0 Å². The zero-order chi connectivity index (χ0) is 31.1. The molecule has 6 nitrogen and oxygen atoms in total. The average molecular weight is 623 g/mol. The Morgan fingerprint density at radius 1 is 0.818 bits per heavy atom. The topological polar surface area (TPSA) is 82.8 Å². The second-order valence-electron chi connectivity index (χ2n) is 11.2. The molecule has 44 heavy (non-hydrogen) atoms. The Bertz CT molecular complexity index is 1110. The molecule has 0 spiro atoms. The Balaban J connectivity index is 1.35. The van der Waals surface area contributed by atoms with Crippen molar-refractivity contribution in [3.8, 4) is 5.75 Å². The summed E-state index contributed by atoms with van der Waals surface area (Å²) >= 11 is 2.07. The Labute approximate surface area is 270 Å². The molecule has 0 fully saturated rings. The van der Waals surface area contributed by atoms with Gasteiger partial charge >= 0.3 is 0 Å². The van der Waals surface area contributed by atoms with Gasteiger partial charge in [0.2, 0.25) is 5.91 Å². The fourth-order valence-corrected chi connectivity index (χ4v) is 7.13. The van der Waals surface area contributed by atoms with Crippen LogP contribution in [0.15, 0.2) is 78.4 Å². The van der Waals surface area contributed by atoms with E-state index in [1.165, 1.54) is 55.2 Å². The zero-order valence-corrected chi connectivity index (χ0v) is 27.6. The first-order valence-corrected chi connectivity index (χ1v) is 17.5. The van der Waals surface area contributed by atoms with Gasteiger partial charge in [0.15, 0.2) is 0 Å². The lowest BCUT2D eigenvalue weighted by molar-refractivity contribution is -0.121. The monoisotopic (exact) mass is 622 g/mol. The van der Waals surface area contributed by atoms with E-state index < -0.39 is 0 Å². The van der Waals surface area contributed by atoms with Crippen LogP contribution in [0.5, 0.6) is 5.75 Å². The van der Waals surface area contributed by atoms with Gasteiger partial charge in [-0.3, -0.25) is 4.79 Å². The molecular weight excluding hydrogens is 568 g/mol. The number of carbonyl (C=O) groups excluding carboxylic acids is 1. The summed E-state index contributed by atoms with van der Waals surface area (Å²) in [4.78, 5) is 12.0. The fourth-order valence-electron chi connectivity index (χ4n) is 5.55. The second-order valence-corrected chi connectivity index (χ2v) is 12.5. The van der Waals surface area contributed by atoms with Gasteiger partial charge < -0.3 is 25.3 Å². The predicted molar refractivity (Wildman–Crippen MR) is 184 cm³/mol. The van der Waals surface area contributed by atoms with Crippen molar-refractivity contribution in [3.05, 3.63) is 89.5 Å². The van der Waals surface area contributed by atoms with Crippen molar-refractivity contribution in [1.82, 2.24) is 5.32 Å². The van der Waals surface area contributed by atoms with Crippen LogP contribution in [-0.2, 0) is 19.0 Å². The van der Waals surface area contributed by atoms with Gasteiger partial charge in [0.25, 0.3) is 0 Å². The molecule has 0 bridgehead atoms. The molecule has 1 aliphatic rings. The lowest BCUT2D eigenvalue weighted by Crippen LogP contribution is -2.27. The molecule has 2 aromatic carbocycles. The molecule has 1 atom stereocenters. The number of hydrogen-bond donors (Lipinski definition) is 2. The van der Waals surface area contributed by atoms with Crippen LogP contribution in [0.3, 0.4) is 0 Å². The maximum atomic E-state index is 12.0. The predicted octanol–water partition coefficient (Wildman–Crippen LogP) is 7.57. The number of nitrogens with one attached hydrogen (secondary N) is 1. The molecule has 3 N–H and O–H groups in total. The van der Waals surface area contributed by atoms with Crippen molar-refractivity contribution in [3.63, 3.8) is 0 Å². The van der Waals surface area contributed by atoms with Crippen molar-refractivity contribution in [2.75, 3.05) is 52.4 Å². The van der Waals surface area contributed by atoms with E-state index in [1.807, 2.05) is 0 Å². The summed E-state index contributed by atoms with van der Waals surface area (Å²) in [6.45, 7) is 3.21. The second kappa shape index (κ2) is 22.0. The van der Waals surface area contributed by atoms with Gasteiger partial charge in [0.05, 0.1) is 38.3 Å². The highest BCUT2D eigenvalue weighted by Crippen LogP contribution is 2.50. The lowest BCUT2D eigenvalue weighted by atomic mass is 9.81. The molecular formula is C37H54N2O4S. The third-order valence-corrected chi connectivity index (χ3v) is 9.53. The Morgan fingerprint density at radius 2 is 1.48 bits per heavy atom. The summed E-state index contributed by atoms with van der Waals surface area (Å²) in [7, 11) is 1.73. The minimum absolute atomic E-state index is 0.117. The van der Waals surface area contributed by atoms with Crippen molar-refractivity contribution < 1.29 is 19.0 Å². The molecule has 0 heterocycles. The highest BCUT2D eigenvalue weighted by Gasteiger charge is 2.38. The number of benzene rings is 2. The first-order valence-electron chi connectivity index (χ1n) is 16.5. The maximum Gasteiger partial charge on any atom is 0.220 e. The standard InChI is InChI=1S/C37H54N2O4S/c1-41-35-23-21-34(22-24-35)37(32-16-10-8-11-17-32,33-18-12-9-13-19-33)44-31-15-7-5-3-2-4-6-14-20-36(40)39-26-28-43-30-29-42-27-25-38/h8,10-12,16-19,21-24H,2-7,9,13-15,20,25-31,38H2,1H3,(H,39,40). The number of rotatable bonds is 24. The number of ether oxygens (including phenoxy) is 3. The molecule has 0 aromatic heterocycles. The van der Waals surface area contributed by atoms with Crippen molar-refractivity contribution in [2.24, 2.45) is 5.73 Å². The minimum atomic E-state index is -0.233. The van der Waals surface area contributed by atoms with Crippen LogP contribution >= 0.6 is 11.8 Å². The van der Waals surface area contributed by atoms with E-state index in [4.69, 9.17) is 19.9 Å². The number of carbonyl (C=O) groups is 1. The van der Waals surface area contributed by atoms with E-state index in [-0.39, 0.29) is 10.7 Å². The maximum absolute atomic E-state index is 12.0. The van der Waals surface area contributed by atoms with Crippen LogP contribution in [0.25, 0.3) is 0 Å². The number of allylic oxidation sites excluding steroid dienone is 3. The zero-order valence-electron chi connectivity index (χ0n) is 26.8. The number of amides is 1. The third kappa shape index (κ3) is 12.4. The van der Waals surface area contributed by atoms with Gasteiger partial charge in [-0.2, -0.15) is 0 Å². The summed E-state index contributed by atoms with van der Waals surface area (Å²) in [5, 5.41) is 2.93. The van der Waals surface area contributed by atoms with Gasteiger partial charge in [-0.15, -0.1) is 11.8 Å². The highest BCUT2D eigenvalue weighted by atomic mass is 32.2.